The topological polar surface area (TPSA) is 162 Å². The molecule has 0 aliphatic carbocycles. The molecule has 244 valence electrons. The van der Waals surface area contributed by atoms with Crippen molar-refractivity contribution in [2.45, 2.75) is 25.7 Å². The minimum Gasteiger partial charge on any atom is -0.504 e. The summed E-state index contributed by atoms with van der Waals surface area (Å²) in [6.45, 7) is 0. The van der Waals surface area contributed by atoms with Gasteiger partial charge in [0.1, 0.15) is 0 Å². The maximum Gasteiger partial charge on any atom is 0.157 e. The number of benzene rings is 6. The predicted molar refractivity (Wildman–Crippen MR) is 183 cm³/mol. The van der Waals surface area contributed by atoms with E-state index in [9.17, 15) is 40.9 Å². The van der Waals surface area contributed by atoms with Gasteiger partial charge in [0.25, 0.3) is 0 Å². The lowest BCUT2D eigenvalue weighted by molar-refractivity contribution is 0.403. The maximum atomic E-state index is 9.58. The number of aromatic hydroxyl groups is 8. The molecule has 0 spiro atoms. The molecule has 6 aromatic carbocycles. The van der Waals surface area contributed by atoms with Crippen molar-refractivity contribution in [3.63, 3.8) is 0 Å². The highest BCUT2D eigenvalue weighted by Crippen LogP contribution is 2.29. The second kappa shape index (κ2) is 14.9. The summed E-state index contributed by atoms with van der Waals surface area (Å²) in [5.74, 6) is -0.962. The second-order valence-corrected chi connectivity index (χ2v) is 11.6. The van der Waals surface area contributed by atoms with Crippen LogP contribution in [0.3, 0.4) is 0 Å². The summed E-state index contributed by atoms with van der Waals surface area (Å²) >= 11 is 0. The van der Waals surface area contributed by atoms with Gasteiger partial charge >= 0.3 is 0 Å². The molecule has 0 unspecified atom stereocenters. The summed E-state index contributed by atoms with van der Waals surface area (Å²) in [7, 11) is 0. The van der Waals surface area contributed by atoms with Crippen LogP contribution in [0.5, 0.6) is 46.0 Å². The highest BCUT2D eigenvalue weighted by Gasteiger charge is 2.07. The van der Waals surface area contributed by atoms with Crippen LogP contribution >= 0.6 is 0 Å². The van der Waals surface area contributed by atoms with Gasteiger partial charge in [0.05, 0.1) is 0 Å². The van der Waals surface area contributed by atoms with Crippen molar-refractivity contribution in [1.29, 1.82) is 0 Å². The van der Waals surface area contributed by atoms with Gasteiger partial charge in [-0.3, -0.25) is 0 Å². The third-order valence-electron chi connectivity index (χ3n) is 7.81. The molecule has 0 saturated heterocycles. The molecule has 0 atom stereocenters. The first-order valence-corrected chi connectivity index (χ1v) is 15.2. The number of hydrogen-bond acceptors (Lipinski definition) is 8. The third-order valence-corrected chi connectivity index (χ3v) is 7.81. The molecule has 0 aromatic heterocycles. The summed E-state index contributed by atoms with van der Waals surface area (Å²) in [5.41, 5.74) is 8.01. The van der Waals surface area contributed by atoms with Crippen molar-refractivity contribution in [1.82, 2.24) is 0 Å². The van der Waals surface area contributed by atoms with Gasteiger partial charge in [-0.1, -0.05) is 72.8 Å². The highest BCUT2D eigenvalue weighted by atomic mass is 16.3. The summed E-state index contributed by atoms with van der Waals surface area (Å²) in [4.78, 5) is 0. The summed E-state index contributed by atoms with van der Waals surface area (Å²) in [6, 6.07) is 35.4. The molecule has 8 N–H and O–H groups in total. The molecule has 48 heavy (non-hydrogen) atoms. The summed E-state index contributed by atoms with van der Waals surface area (Å²) in [5, 5.41) is 75.7. The molecule has 8 heteroatoms. The van der Waals surface area contributed by atoms with E-state index in [0.29, 0.717) is 25.7 Å². The van der Waals surface area contributed by atoms with Crippen molar-refractivity contribution in [3.05, 3.63) is 166 Å². The average Bonchev–Trinajstić information content (AvgIpc) is 3.06. The van der Waals surface area contributed by atoms with Gasteiger partial charge in [-0.15, -0.1) is 0 Å². The monoisotopic (exact) mass is 644 g/mol. The fourth-order valence-corrected chi connectivity index (χ4v) is 5.28. The van der Waals surface area contributed by atoms with Gasteiger partial charge in [0.15, 0.2) is 46.0 Å². The Morgan fingerprint density at radius 1 is 0.229 bits per heavy atom. The molecule has 0 amide bonds. The lowest BCUT2D eigenvalue weighted by atomic mass is 9.99. The molecule has 8 nitrogen and oxygen atoms in total. The minimum atomic E-state index is -0.125. The van der Waals surface area contributed by atoms with Crippen LogP contribution in [-0.2, 0) is 25.7 Å². The second-order valence-electron chi connectivity index (χ2n) is 11.6. The Labute approximate surface area is 278 Å². The van der Waals surface area contributed by atoms with E-state index in [2.05, 4.69) is 6.07 Å². The van der Waals surface area contributed by atoms with Crippen molar-refractivity contribution < 1.29 is 40.9 Å². The fraction of sp³-hybridized carbons (Fsp3) is 0.100. The quantitative estimate of drug-likeness (QED) is 0.0796. The molecule has 0 aliphatic heterocycles. The zero-order valence-corrected chi connectivity index (χ0v) is 26.0. The number of phenols is 8. The summed E-state index contributed by atoms with van der Waals surface area (Å²) in [6.07, 6.45) is 2.60. The van der Waals surface area contributed by atoms with Crippen LogP contribution in [0.1, 0.15) is 44.5 Å². The first-order chi connectivity index (χ1) is 23.0. The molecular weight excluding hydrogens is 608 g/mol. The predicted octanol–water partition coefficient (Wildman–Crippen LogP) is 7.38. The zero-order chi connectivity index (χ0) is 34.2. The van der Waals surface area contributed by atoms with E-state index in [1.165, 1.54) is 24.3 Å². The van der Waals surface area contributed by atoms with E-state index in [-0.39, 0.29) is 46.0 Å². The van der Waals surface area contributed by atoms with Crippen LogP contribution < -0.4 is 0 Å². The van der Waals surface area contributed by atoms with Gasteiger partial charge < -0.3 is 40.9 Å². The van der Waals surface area contributed by atoms with Gasteiger partial charge in [-0.05, 0) is 119 Å². The van der Waals surface area contributed by atoms with Crippen LogP contribution in [0, 0.1) is 0 Å². The Balaban J connectivity index is 0.000000188. The van der Waals surface area contributed by atoms with Crippen molar-refractivity contribution in [3.8, 4) is 46.0 Å². The molecule has 0 radical (unpaired) electrons. The van der Waals surface area contributed by atoms with Crippen molar-refractivity contribution in [2.75, 3.05) is 0 Å². The first-order valence-electron chi connectivity index (χ1n) is 15.2. The maximum absolute atomic E-state index is 9.58. The molecule has 0 saturated carbocycles. The minimum absolute atomic E-state index is 0.115. The van der Waals surface area contributed by atoms with E-state index >= 15 is 0 Å². The lowest BCUT2D eigenvalue weighted by Crippen LogP contribution is -1.92. The summed E-state index contributed by atoms with van der Waals surface area (Å²) < 4.78 is 0. The van der Waals surface area contributed by atoms with E-state index in [4.69, 9.17) is 0 Å². The molecular formula is C40H36O8. The van der Waals surface area contributed by atoms with E-state index < -0.39 is 0 Å². The largest absolute Gasteiger partial charge is 0.504 e. The Morgan fingerprint density at radius 3 is 0.729 bits per heavy atom. The number of rotatable bonds is 8. The van der Waals surface area contributed by atoms with E-state index in [1.54, 1.807) is 48.5 Å². The third kappa shape index (κ3) is 8.92. The highest BCUT2D eigenvalue weighted by molar-refractivity contribution is 5.46. The van der Waals surface area contributed by atoms with E-state index in [1.807, 2.05) is 42.5 Å². The van der Waals surface area contributed by atoms with Crippen LogP contribution in [0.25, 0.3) is 0 Å². The van der Waals surface area contributed by atoms with E-state index in [0.717, 1.165) is 44.5 Å². The fourth-order valence-electron chi connectivity index (χ4n) is 5.28. The Hall–Kier alpha value is -6.28. The lowest BCUT2D eigenvalue weighted by Gasteiger charge is -2.08. The number of hydrogen-bond donors (Lipinski definition) is 8. The number of phenolic OH excluding ortho intramolecular Hbond substituents is 8. The van der Waals surface area contributed by atoms with Gasteiger partial charge in [-0.2, -0.15) is 0 Å². The van der Waals surface area contributed by atoms with Crippen molar-refractivity contribution >= 4 is 0 Å². The normalized spacial score (nSPS) is 10.7. The van der Waals surface area contributed by atoms with Crippen LogP contribution in [0.2, 0.25) is 0 Å². The molecule has 0 aliphatic rings. The van der Waals surface area contributed by atoms with Crippen LogP contribution in [-0.4, -0.2) is 40.9 Å². The SMILES string of the molecule is Oc1ccc(Cc2ccc(Cc3ccc(O)c(O)c3)cc2)cc1O.Oc1ccc(Cc2cccc(Cc3ccc(O)c(O)c3)c2)cc1O. The van der Waals surface area contributed by atoms with Crippen LogP contribution in [0.4, 0.5) is 0 Å². The molecule has 0 fully saturated rings. The Morgan fingerprint density at radius 2 is 0.458 bits per heavy atom. The van der Waals surface area contributed by atoms with Gasteiger partial charge in [0, 0.05) is 0 Å². The standard InChI is InChI=1S/2C20H18O4/c21-17-7-5-15(11-19(17)23)9-13-1-2-14(4-3-13)10-16-6-8-18(22)20(24)12-16;21-17-6-4-15(11-19(17)23)9-13-2-1-3-14(8-13)10-16-5-7-18(22)20(24)12-16/h2*1-8,11-12,21-24H,9-10H2. The molecule has 6 rings (SSSR count). The Kier molecular flexibility index (Phi) is 10.3. The first kappa shape index (κ1) is 33.1. The van der Waals surface area contributed by atoms with Crippen molar-refractivity contribution in [2.24, 2.45) is 0 Å². The zero-order valence-electron chi connectivity index (χ0n) is 26.0. The Bertz CT molecular complexity index is 1880. The average molecular weight is 645 g/mol. The van der Waals surface area contributed by atoms with Crippen LogP contribution in [0.15, 0.2) is 121 Å². The molecule has 0 heterocycles. The molecule has 6 aromatic rings. The smallest absolute Gasteiger partial charge is 0.157 e. The molecule has 0 bridgehead atoms. The van der Waals surface area contributed by atoms with Gasteiger partial charge in [0.2, 0.25) is 0 Å². The van der Waals surface area contributed by atoms with Gasteiger partial charge in [-0.25, -0.2) is 0 Å².